The molecule has 3 aromatic rings. The quantitative estimate of drug-likeness (QED) is 0.754. The highest BCUT2D eigenvalue weighted by Gasteiger charge is 2.29. The summed E-state index contributed by atoms with van der Waals surface area (Å²) in [4.78, 5) is 0. The number of H-pyrrole nitrogens is 1. The molecule has 4 heteroatoms. The van der Waals surface area contributed by atoms with Crippen molar-refractivity contribution in [1.82, 2.24) is 15.4 Å². The van der Waals surface area contributed by atoms with Gasteiger partial charge in [-0.25, -0.2) is 0 Å². The fraction of sp³-hybridized carbons (Fsp3) is 0.294. The fourth-order valence-electron chi connectivity index (χ4n) is 2.92. The van der Waals surface area contributed by atoms with Crippen LogP contribution in [0.2, 0.25) is 0 Å². The van der Waals surface area contributed by atoms with Crippen molar-refractivity contribution < 1.29 is 0 Å². The summed E-state index contributed by atoms with van der Waals surface area (Å²) in [6.45, 7) is 6.80. The molecular formula is C17H20ClN3. The number of aromatic amines is 1. The van der Waals surface area contributed by atoms with Crippen LogP contribution in [0.5, 0.6) is 0 Å². The number of rotatable bonds is 2. The fourth-order valence-corrected chi connectivity index (χ4v) is 2.92. The van der Waals surface area contributed by atoms with Gasteiger partial charge >= 0.3 is 0 Å². The van der Waals surface area contributed by atoms with E-state index < -0.39 is 0 Å². The summed E-state index contributed by atoms with van der Waals surface area (Å²) < 4.78 is 0. The summed E-state index contributed by atoms with van der Waals surface area (Å²) in [5, 5.41) is 11.2. The normalized spacial score (nSPS) is 12.9. The number of aromatic nitrogens is 3. The zero-order chi connectivity index (χ0) is 14.2. The Morgan fingerprint density at radius 1 is 0.952 bits per heavy atom. The SMILES string of the molecule is CC(C)(C)C(c1ccccc1)c1cccc2[nH]nnc12.Cl. The van der Waals surface area contributed by atoms with Crippen LogP contribution < -0.4 is 0 Å². The predicted molar refractivity (Wildman–Crippen MR) is 88.9 cm³/mol. The summed E-state index contributed by atoms with van der Waals surface area (Å²) in [5.41, 5.74) is 4.61. The molecule has 3 nitrogen and oxygen atoms in total. The van der Waals surface area contributed by atoms with Gasteiger partial charge in [0.05, 0.1) is 5.52 Å². The zero-order valence-electron chi connectivity index (χ0n) is 12.5. The van der Waals surface area contributed by atoms with Crippen molar-refractivity contribution in [2.45, 2.75) is 26.7 Å². The van der Waals surface area contributed by atoms with E-state index in [2.05, 4.69) is 78.6 Å². The van der Waals surface area contributed by atoms with Crippen LogP contribution in [0.25, 0.3) is 11.0 Å². The second kappa shape index (κ2) is 5.86. The minimum Gasteiger partial charge on any atom is -0.258 e. The first-order valence-corrected chi connectivity index (χ1v) is 6.92. The molecule has 0 bridgehead atoms. The molecule has 0 saturated carbocycles. The van der Waals surface area contributed by atoms with Crippen molar-refractivity contribution in [1.29, 1.82) is 0 Å². The van der Waals surface area contributed by atoms with Crippen LogP contribution in [-0.2, 0) is 0 Å². The number of nitrogens with one attached hydrogen (secondary N) is 1. The van der Waals surface area contributed by atoms with Crippen molar-refractivity contribution in [3.05, 3.63) is 59.7 Å². The maximum atomic E-state index is 4.27. The highest BCUT2D eigenvalue weighted by Crippen LogP contribution is 2.42. The average molecular weight is 302 g/mol. The second-order valence-electron chi connectivity index (χ2n) is 6.26. The summed E-state index contributed by atoms with van der Waals surface area (Å²) in [6, 6.07) is 16.9. The van der Waals surface area contributed by atoms with Gasteiger partial charge in [0.1, 0.15) is 5.52 Å². The topological polar surface area (TPSA) is 41.6 Å². The second-order valence-corrected chi connectivity index (χ2v) is 6.26. The van der Waals surface area contributed by atoms with Crippen LogP contribution in [0.15, 0.2) is 48.5 Å². The molecule has 3 rings (SSSR count). The van der Waals surface area contributed by atoms with E-state index in [4.69, 9.17) is 0 Å². The highest BCUT2D eigenvalue weighted by atomic mass is 35.5. The summed E-state index contributed by atoms with van der Waals surface area (Å²) in [7, 11) is 0. The Morgan fingerprint density at radius 2 is 1.67 bits per heavy atom. The van der Waals surface area contributed by atoms with E-state index in [1.165, 1.54) is 11.1 Å². The number of hydrogen-bond acceptors (Lipinski definition) is 2. The van der Waals surface area contributed by atoms with Gasteiger partial charge in [-0.1, -0.05) is 68.4 Å². The van der Waals surface area contributed by atoms with Crippen LogP contribution in [0.1, 0.15) is 37.8 Å². The summed E-state index contributed by atoms with van der Waals surface area (Å²) in [6.07, 6.45) is 0. The molecule has 1 unspecified atom stereocenters. The number of halogens is 1. The van der Waals surface area contributed by atoms with Gasteiger partial charge in [0, 0.05) is 5.92 Å². The van der Waals surface area contributed by atoms with Gasteiger partial charge in [0.2, 0.25) is 0 Å². The molecule has 0 amide bonds. The van der Waals surface area contributed by atoms with Crippen LogP contribution in [0.3, 0.4) is 0 Å². The molecule has 2 aromatic carbocycles. The van der Waals surface area contributed by atoms with Gasteiger partial charge in [0.25, 0.3) is 0 Å². The van der Waals surface area contributed by atoms with Gasteiger partial charge < -0.3 is 0 Å². The lowest BCUT2D eigenvalue weighted by Crippen LogP contribution is -2.20. The number of fused-ring (bicyclic) bond motifs is 1. The molecule has 21 heavy (non-hydrogen) atoms. The lowest BCUT2D eigenvalue weighted by Gasteiger charge is -2.31. The Balaban J connectivity index is 0.00000161. The number of hydrogen-bond donors (Lipinski definition) is 1. The maximum absolute atomic E-state index is 4.27. The molecule has 0 radical (unpaired) electrons. The Kier molecular flexibility index (Phi) is 4.33. The first-order valence-electron chi connectivity index (χ1n) is 6.92. The van der Waals surface area contributed by atoms with Crippen LogP contribution in [-0.4, -0.2) is 15.4 Å². The highest BCUT2D eigenvalue weighted by molar-refractivity contribution is 5.85. The van der Waals surface area contributed by atoms with Gasteiger partial charge in [-0.15, -0.1) is 17.5 Å². The minimum atomic E-state index is 0. The lowest BCUT2D eigenvalue weighted by atomic mass is 9.72. The largest absolute Gasteiger partial charge is 0.258 e. The van der Waals surface area contributed by atoms with Crippen molar-refractivity contribution in [3.63, 3.8) is 0 Å². The molecule has 1 atom stereocenters. The van der Waals surface area contributed by atoms with E-state index in [0.29, 0.717) is 0 Å². The molecule has 1 aromatic heterocycles. The minimum absolute atomic E-state index is 0. The summed E-state index contributed by atoms with van der Waals surface area (Å²) >= 11 is 0. The third-order valence-electron chi connectivity index (χ3n) is 3.70. The van der Waals surface area contributed by atoms with Crippen LogP contribution in [0.4, 0.5) is 0 Å². The van der Waals surface area contributed by atoms with Crippen molar-refractivity contribution in [3.8, 4) is 0 Å². The third kappa shape index (κ3) is 2.93. The molecule has 0 aliphatic rings. The van der Waals surface area contributed by atoms with Crippen LogP contribution >= 0.6 is 12.4 Å². The molecule has 0 aliphatic carbocycles. The van der Waals surface area contributed by atoms with Gasteiger partial charge in [0.15, 0.2) is 0 Å². The first-order chi connectivity index (χ1) is 9.57. The van der Waals surface area contributed by atoms with Gasteiger partial charge in [-0.05, 0) is 22.6 Å². The average Bonchev–Trinajstić information content (AvgIpc) is 2.88. The molecule has 0 aliphatic heterocycles. The zero-order valence-corrected chi connectivity index (χ0v) is 13.3. The van der Waals surface area contributed by atoms with Crippen molar-refractivity contribution >= 4 is 23.4 Å². The Morgan fingerprint density at radius 3 is 2.33 bits per heavy atom. The predicted octanol–water partition coefficient (Wildman–Crippen LogP) is 4.56. The third-order valence-corrected chi connectivity index (χ3v) is 3.70. The lowest BCUT2D eigenvalue weighted by molar-refractivity contribution is 0.360. The van der Waals surface area contributed by atoms with Gasteiger partial charge in [-0.2, -0.15) is 0 Å². The molecule has 0 spiro atoms. The monoisotopic (exact) mass is 301 g/mol. The Bertz CT molecular complexity index is 713. The Hall–Kier alpha value is -1.87. The van der Waals surface area contributed by atoms with E-state index in [0.717, 1.165) is 11.0 Å². The molecule has 1 heterocycles. The smallest absolute Gasteiger partial charge is 0.116 e. The van der Waals surface area contributed by atoms with E-state index in [1.54, 1.807) is 0 Å². The van der Waals surface area contributed by atoms with Crippen molar-refractivity contribution in [2.75, 3.05) is 0 Å². The summed E-state index contributed by atoms with van der Waals surface area (Å²) in [5.74, 6) is 0.289. The number of benzene rings is 2. The van der Waals surface area contributed by atoms with Crippen molar-refractivity contribution in [2.24, 2.45) is 5.41 Å². The van der Waals surface area contributed by atoms with E-state index in [1.807, 2.05) is 6.07 Å². The molecule has 1 N–H and O–H groups in total. The molecule has 0 saturated heterocycles. The Labute approximate surface area is 131 Å². The van der Waals surface area contributed by atoms with E-state index in [-0.39, 0.29) is 23.7 Å². The molecular weight excluding hydrogens is 282 g/mol. The standard InChI is InChI=1S/C17H19N3.ClH/c1-17(2,3)15(12-8-5-4-6-9-12)13-10-7-11-14-16(13)19-20-18-14;/h4-11,15H,1-3H3,(H,18,19,20);1H. The molecule has 110 valence electrons. The van der Waals surface area contributed by atoms with E-state index in [9.17, 15) is 0 Å². The first kappa shape index (κ1) is 15.5. The maximum Gasteiger partial charge on any atom is 0.116 e. The van der Waals surface area contributed by atoms with Gasteiger partial charge in [-0.3, -0.25) is 5.10 Å². The number of nitrogens with zero attached hydrogens (tertiary/aromatic N) is 2. The van der Waals surface area contributed by atoms with E-state index >= 15 is 0 Å². The van der Waals surface area contributed by atoms with Crippen LogP contribution in [0, 0.1) is 5.41 Å². The molecule has 0 fully saturated rings.